The van der Waals surface area contributed by atoms with Crippen LogP contribution in [0.3, 0.4) is 0 Å². The number of rotatable bonds is 7. The van der Waals surface area contributed by atoms with Crippen LogP contribution in [0.4, 0.5) is 10.6 Å². The van der Waals surface area contributed by atoms with Crippen LogP contribution in [0.25, 0.3) is 16.7 Å². The van der Waals surface area contributed by atoms with Crippen molar-refractivity contribution in [1.82, 2.24) is 19.7 Å². The SMILES string of the molecule is CO[C@]1(c2cc(OCC3COC3)cc(-n3nc(C)c4cnc(NC(N)=O)cc43)n2)CCCOC1. The Balaban J connectivity index is 1.60. The van der Waals surface area contributed by atoms with E-state index in [1.54, 1.807) is 24.1 Å². The van der Waals surface area contributed by atoms with Gasteiger partial charge in [0.05, 0.1) is 43.3 Å². The summed E-state index contributed by atoms with van der Waals surface area (Å²) in [5.41, 5.74) is 6.82. The Kier molecular flexibility index (Phi) is 6.07. The maximum absolute atomic E-state index is 11.3. The molecule has 11 heteroatoms. The normalized spacial score (nSPS) is 20.8. The van der Waals surface area contributed by atoms with Crippen molar-refractivity contribution in [2.24, 2.45) is 11.7 Å². The lowest BCUT2D eigenvalue weighted by Crippen LogP contribution is -2.39. The highest BCUT2D eigenvalue weighted by Gasteiger charge is 2.37. The lowest BCUT2D eigenvalue weighted by atomic mass is 9.92. The highest BCUT2D eigenvalue weighted by molar-refractivity contribution is 5.90. The zero-order valence-electron chi connectivity index (χ0n) is 19.2. The minimum Gasteiger partial charge on any atom is -0.493 e. The first kappa shape index (κ1) is 22.5. The first-order valence-corrected chi connectivity index (χ1v) is 11.3. The van der Waals surface area contributed by atoms with Gasteiger partial charge in [-0.1, -0.05) is 0 Å². The van der Waals surface area contributed by atoms with Crippen LogP contribution in [0.5, 0.6) is 5.75 Å². The molecule has 2 saturated heterocycles. The molecule has 0 aromatic carbocycles. The Bertz CT molecular complexity index is 1200. The summed E-state index contributed by atoms with van der Waals surface area (Å²) in [7, 11) is 1.68. The highest BCUT2D eigenvalue weighted by Crippen LogP contribution is 2.36. The fourth-order valence-electron chi connectivity index (χ4n) is 4.27. The second-order valence-corrected chi connectivity index (χ2v) is 8.69. The fourth-order valence-corrected chi connectivity index (χ4v) is 4.27. The van der Waals surface area contributed by atoms with Gasteiger partial charge in [-0.05, 0) is 19.8 Å². The lowest BCUT2D eigenvalue weighted by molar-refractivity contribution is -0.117. The van der Waals surface area contributed by atoms with E-state index in [-0.39, 0.29) is 0 Å². The molecule has 180 valence electrons. The van der Waals surface area contributed by atoms with E-state index >= 15 is 0 Å². The van der Waals surface area contributed by atoms with Gasteiger partial charge < -0.3 is 24.7 Å². The smallest absolute Gasteiger partial charge is 0.317 e. The molecule has 34 heavy (non-hydrogen) atoms. The number of urea groups is 1. The summed E-state index contributed by atoms with van der Waals surface area (Å²) in [4.78, 5) is 20.5. The van der Waals surface area contributed by atoms with Crippen LogP contribution in [-0.2, 0) is 19.8 Å². The molecule has 0 bridgehead atoms. The van der Waals surface area contributed by atoms with Gasteiger partial charge in [0.25, 0.3) is 0 Å². The fraction of sp³-hybridized carbons (Fsp3) is 0.478. The average Bonchev–Trinajstić information content (AvgIpc) is 3.13. The van der Waals surface area contributed by atoms with Gasteiger partial charge in [0.15, 0.2) is 5.82 Å². The molecule has 3 N–H and O–H groups in total. The number of amides is 2. The van der Waals surface area contributed by atoms with Crippen LogP contribution in [0, 0.1) is 12.8 Å². The Morgan fingerprint density at radius 2 is 2.18 bits per heavy atom. The number of anilines is 1. The van der Waals surface area contributed by atoms with E-state index < -0.39 is 11.6 Å². The molecular formula is C23H28N6O5. The molecule has 0 unspecified atom stereocenters. The third-order valence-electron chi connectivity index (χ3n) is 6.26. The largest absolute Gasteiger partial charge is 0.493 e. The summed E-state index contributed by atoms with van der Waals surface area (Å²) in [6, 6.07) is 4.80. The number of nitrogens with zero attached hydrogens (tertiary/aromatic N) is 4. The third kappa shape index (κ3) is 4.29. The Hall–Kier alpha value is -3.28. The second-order valence-electron chi connectivity index (χ2n) is 8.69. The number of carbonyl (C=O) groups excluding carboxylic acids is 1. The van der Waals surface area contributed by atoms with Gasteiger partial charge in [-0.2, -0.15) is 5.10 Å². The topological polar surface area (TPSA) is 136 Å². The summed E-state index contributed by atoms with van der Waals surface area (Å²) >= 11 is 0. The summed E-state index contributed by atoms with van der Waals surface area (Å²) in [5, 5.41) is 8.05. The van der Waals surface area contributed by atoms with Gasteiger partial charge in [0.2, 0.25) is 0 Å². The zero-order valence-corrected chi connectivity index (χ0v) is 19.2. The van der Waals surface area contributed by atoms with Crippen molar-refractivity contribution >= 4 is 22.8 Å². The number of ether oxygens (including phenoxy) is 4. The van der Waals surface area contributed by atoms with Crippen LogP contribution in [0.1, 0.15) is 24.2 Å². The molecule has 2 aliphatic rings. The number of nitrogens with one attached hydrogen (secondary N) is 1. The van der Waals surface area contributed by atoms with Gasteiger partial charge in [0, 0.05) is 49.4 Å². The van der Waals surface area contributed by atoms with Crippen LogP contribution in [0.2, 0.25) is 0 Å². The molecule has 2 fully saturated rings. The Morgan fingerprint density at radius 1 is 1.32 bits per heavy atom. The molecule has 3 aromatic rings. The first-order chi connectivity index (χ1) is 16.5. The number of aromatic nitrogens is 4. The monoisotopic (exact) mass is 468 g/mol. The molecule has 2 aliphatic heterocycles. The standard InChI is InChI=1S/C23H28N6O5/c1-14-17-9-25-20(27-22(24)30)8-18(17)29(28-14)21-7-16(34-12-15-10-33-11-15)6-19(26-21)23(31-2)4-3-5-32-13-23/h6-9,15H,3-5,10-13H2,1-2H3,(H3,24,25,27,30)/t23-/m1/s1. The van der Waals surface area contributed by atoms with E-state index in [1.807, 2.05) is 19.1 Å². The summed E-state index contributed by atoms with van der Waals surface area (Å²) in [6.07, 6.45) is 3.31. The number of aryl methyl sites for hydroxylation is 1. The quantitative estimate of drug-likeness (QED) is 0.539. The highest BCUT2D eigenvalue weighted by atomic mass is 16.5. The molecule has 0 spiro atoms. The van der Waals surface area contributed by atoms with Gasteiger partial charge in [0.1, 0.15) is 17.2 Å². The van der Waals surface area contributed by atoms with Crippen molar-refractivity contribution in [3.05, 3.63) is 35.8 Å². The molecule has 5 heterocycles. The number of hydrogen-bond donors (Lipinski definition) is 2. The van der Waals surface area contributed by atoms with Crippen molar-refractivity contribution in [1.29, 1.82) is 0 Å². The van der Waals surface area contributed by atoms with Crippen molar-refractivity contribution in [2.45, 2.75) is 25.4 Å². The van der Waals surface area contributed by atoms with Gasteiger partial charge in [-0.25, -0.2) is 19.4 Å². The average molecular weight is 469 g/mol. The van der Waals surface area contributed by atoms with Crippen molar-refractivity contribution in [3.8, 4) is 11.6 Å². The summed E-state index contributed by atoms with van der Waals surface area (Å²) in [6.45, 7) is 4.95. The molecule has 0 radical (unpaired) electrons. The maximum atomic E-state index is 11.3. The number of hydrogen-bond acceptors (Lipinski definition) is 8. The molecule has 2 amide bonds. The molecule has 1 atom stereocenters. The van der Waals surface area contributed by atoms with E-state index in [4.69, 9.17) is 34.8 Å². The van der Waals surface area contributed by atoms with E-state index in [1.165, 1.54) is 0 Å². The number of methoxy groups -OCH3 is 1. The van der Waals surface area contributed by atoms with Crippen molar-refractivity contribution < 1.29 is 23.7 Å². The molecular weight excluding hydrogens is 440 g/mol. The predicted molar refractivity (Wildman–Crippen MR) is 123 cm³/mol. The molecule has 0 aliphatic carbocycles. The van der Waals surface area contributed by atoms with E-state index in [0.717, 1.165) is 35.1 Å². The number of primary amides is 1. The van der Waals surface area contributed by atoms with E-state index in [0.29, 0.717) is 56.3 Å². The maximum Gasteiger partial charge on any atom is 0.317 e. The Morgan fingerprint density at radius 3 is 2.85 bits per heavy atom. The van der Waals surface area contributed by atoms with Crippen LogP contribution in [-0.4, -0.2) is 65.9 Å². The van der Waals surface area contributed by atoms with Crippen LogP contribution < -0.4 is 15.8 Å². The van der Waals surface area contributed by atoms with Crippen LogP contribution >= 0.6 is 0 Å². The molecule has 3 aromatic heterocycles. The van der Waals surface area contributed by atoms with Gasteiger partial charge in [-0.3, -0.25) is 5.32 Å². The number of pyridine rings is 2. The van der Waals surface area contributed by atoms with Gasteiger partial charge >= 0.3 is 6.03 Å². The zero-order chi connectivity index (χ0) is 23.7. The Labute approximate surface area is 196 Å². The van der Waals surface area contributed by atoms with Gasteiger partial charge in [-0.15, -0.1) is 0 Å². The van der Waals surface area contributed by atoms with Crippen LogP contribution in [0.15, 0.2) is 24.4 Å². The summed E-state index contributed by atoms with van der Waals surface area (Å²) in [5.74, 6) is 1.93. The third-order valence-corrected chi connectivity index (χ3v) is 6.26. The van der Waals surface area contributed by atoms with Crippen molar-refractivity contribution in [3.63, 3.8) is 0 Å². The first-order valence-electron chi connectivity index (χ1n) is 11.3. The minimum atomic E-state index is -0.690. The summed E-state index contributed by atoms with van der Waals surface area (Å²) < 4.78 is 24.9. The van der Waals surface area contributed by atoms with E-state index in [9.17, 15) is 4.79 Å². The van der Waals surface area contributed by atoms with Crippen molar-refractivity contribution in [2.75, 3.05) is 45.5 Å². The molecule has 0 saturated carbocycles. The second kappa shape index (κ2) is 9.16. The predicted octanol–water partition coefficient (Wildman–Crippen LogP) is 2.29. The number of nitrogens with two attached hydrogens (primary N) is 1. The van der Waals surface area contributed by atoms with E-state index in [2.05, 4.69) is 10.3 Å². The molecule has 5 rings (SSSR count). The number of fused-ring (bicyclic) bond motifs is 1. The lowest BCUT2D eigenvalue weighted by Gasteiger charge is -2.35. The molecule has 11 nitrogen and oxygen atoms in total. The number of carbonyl (C=O) groups is 1. The minimum absolute atomic E-state index is 0.327.